The van der Waals surface area contributed by atoms with Crippen molar-refractivity contribution in [3.8, 4) is 0 Å². The van der Waals surface area contributed by atoms with E-state index in [1.54, 1.807) is 24.3 Å². The SMILES string of the molecule is Cc1cc(C)nc(NC(c2ccc(F)cc2)c2cc(C)sc2NC(=O)c2ccco2)n1. The van der Waals surface area contributed by atoms with Crippen molar-refractivity contribution in [2.24, 2.45) is 0 Å². The number of rotatable bonds is 6. The van der Waals surface area contributed by atoms with Gasteiger partial charge < -0.3 is 15.1 Å². The van der Waals surface area contributed by atoms with Gasteiger partial charge in [0.25, 0.3) is 5.91 Å². The van der Waals surface area contributed by atoms with Crippen LogP contribution in [-0.2, 0) is 0 Å². The van der Waals surface area contributed by atoms with Gasteiger partial charge in [-0.15, -0.1) is 11.3 Å². The number of nitrogens with zero attached hydrogens (tertiary/aromatic N) is 2. The molecule has 0 aliphatic heterocycles. The second kappa shape index (κ2) is 8.69. The lowest BCUT2D eigenvalue weighted by Crippen LogP contribution is -2.18. The number of carbonyl (C=O) groups excluding carboxylic acids is 1. The summed E-state index contributed by atoms with van der Waals surface area (Å²) in [4.78, 5) is 22.6. The Hall–Kier alpha value is -3.52. The van der Waals surface area contributed by atoms with Gasteiger partial charge in [-0.2, -0.15) is 0 Å². The minimum atomic E-state index is -0.404. The minimum absolute atomic E-state index is 0.223. The summed E-state index contributed by atoms with van der Waals surface area (Å²) in [5.41, 5.74) is 3.31. The standard InChI is InChI=1S/C23H21FN4O2S/c1-13-11-14(2)26-23(25-13)27-20(16-6-8-17(24)9-7-16)18-12-15(3)31-22(18)28-21(29)19-5-4-10-30-19/h4-12,20H,1-3H3,(H,28,29)(H,25,26,27). The lowest BCUT2D eigenvalue weighted by Gasteiger charge is -2.21. The third-order valence-electron chi connectivity index (χ3n) is 4.63. The number of aromatic nitrogens is 2. The van der Waals surface area contributed by atoms with Gasteiger partial charge >= 0.3 is 0 Å². The molecule has 158 valence electrons. The summed E-state index contributed by atoms with van der Waals surface area (Å²) in [6.07, 6.45) is 1.45. The topological polar surface area (TPSA) is 80.0 Å². The highest BCUT2D eigenvalue weighted by Gasteiger charge is 2.23. The number of anilines is 2. The molecule has 0 radical (unpaired) electrons. The summed E-state index contributed by atoms with van der Waals surface area (Å²) in [5.74, 6) is 0.0199. The van der Waals surface area contributed by atoms with Crippen LogP contribution in [0.3, 0.4) is 0 Å². The Morgan fingerprint density at radius 1 is 1.06 bits per heavy atom. The molecule has 0 aliphatic rings. The van der Waals surface area contributed by atoms with E-state index in [0.29, 0.717) is 10.9 Å². The van der Waals surface area contributed by atoms with Crippen molar-refractivity contribution in [3.63, 3.8) is 0 Å². The molecular weight excluding hydrogens is 415 g/mol. The van der Waals surface area contributed by atoms with Crippen LogP contribution in [0.15, 0.2) is 59.2 Å². The molecule has 1 atom stereocenters. The van der Waals surface area contributed by atoms with Crippen molar-refractivity contribution < 1.29 is 13.6 Å². The lowest BCUT2D eigenvalue weighted by molar-refractivity contribution is 0.0997. The molecule has 8 heteroatoms. The Kier molecular flexibility index (Phi) is 5.81. The molecule has 31 heavy (non-hydrogen) atoms. The fourth-order valence-electron chi connectivity index (χ4n) is 3.33. The van der Waals surface area contributed by atoms with Crippen molar-refractivity contribution in [1.82, 2.24) is 9.97 Å². The van der Waals surface area contributed by atoms with Crippen LogP contribution in [0.5, 0.6) is 0 Å². The Labute approximate surface area is 183 Å². The molecule has 1 amide bonds. The molecular formula is C23H21FN4O2S. The third kappa shape index (κ3) is 4.80. The summed E-state index contributed by atoms with van der Waals surface area (Å²) in [7, 11) is 0. The van der Waals surface area contributed by atoms with Gasteiger partial charge in [-0.1, -0.05) is 12.1 Å². The molecule has 1 unspecified atom stereocenters. The highest BCUT2D eigenvalue weighted by molar-refractivity contribution is 7.16. The van der Waals surface area contributed by atoms with Gasteiger partial charge in [-0.05, 0) is 62.7 Å². The van der Waals surface area contributed by atoms with Crippen molar-refractivity contribution in [2.45, 2.75) is 26.8 Å². The number of thiophene rings is 1. The summed E-state index contributed by atoms with van der Waals surface area (Å²) in [6.45, 7) is 5.76. The molecule has 0 saturated carbocycles. The Morgan fingerprint density at radius 3 is 2.42 bits per heavy atom. The van der Waals surface area contributed by atoms with Crippen LogP contribution in [0.25, 0.3) is 0 Å². The van der Waals surface area contributed by atoms with Crippen molar-refractivity contribution in [3.05, 3.63) is 93.8 Å². The first-order chi connectivity index (χ1) is 14.9. The number of hydrogen-bond acceptors (Lipinski definition) is 6. The molecule has 2 N–H and O–H groups in total. The van der Waals surface area contributed by atoms with Crippen LogP contribution in [0.4, 0.5) is 15.3 Å². The molecule has 0 spiro atoms. The van der Waals surface area contributed by atoms with Crippen LogP contribution in [0, 0.1) is 26.6 Å². The second-order valence-electron chi connectivity index (χ2n) is 7.18. The quantitative estimate of drug-likeness (QED) is 0.408. The molecule has 0 aliphatic carbocycles. The van der Waals surface area contributed by atoms with E-state index in [0.717, 1.165) is 27.4 Å². The van der Waals surface area contributed by atoms with E-state index in [1.165, 1.54) is 29.7 Å². The normalized spacial score (nSPS) is 11.9. The van der Waals surface area contributed by atoms with Crippen LogP contribution in [0.1, 0.15) is 44.0 Å². The molecule has 4 rings (SSSR count). The fourth-order valence-corrected chi connectivity index (χ4v) is 4.28. The van der Waals surface area contributed by atoms with Gasteiger partial charge in [0, 0.05) is 21.8 Å². The molecule has 3 aromatic heterocycles. The average molecular weight is 437 g/mol. The van der Waals surface area contributed by atoms with Crippen LogP contribution in [-0.4, -0.2) is 15.9 Å². The molecule has 3 heterocycles. The zero-order valence-electron chi connectivity index (χ0n) is 17.3. The van der Waals surface area contributed by atoms with E-state index in [2.05, 4.69) is 20.6 Å². The van der Waals surface area contributed by atoms with Gasteiger partial charge in [-0.25, -0.2) is 14.4 Å². The monoisotopic (exact) mass is 436 g/mol. The number of nitrogens with one attached hydrogen (secondary N) is 2. The van der Waals surface area contributed by atoms with E-state index in [9.17, 15) is 9.18 Å². The second-order valence-corrected chi connectivity index (χ2v) is 8.43. The first kappa shape index (κ1) is 20.7. The Balaban J connectivity index is 1.74. The summed E-state index contributed by atoms with van der Waals surface area (Å²) < 4.78 is 18.8. The van der Waals surface area contributed by atoms with Crippen molar-refractivity contribution >= 4 is 28.2 Å². The van der Waals surface area contributed by atoms with Crippen molar-refractivity contribution in [2.75, 3.05) is 10.6 Å². The number of halogens is 1. The van der Waals surface area contributed by atoms with Gasteiger partial charge in [-0.3, -0.25) is 4.79 Å². The Morgan fingerprint density at radius 2 is 1.77 bits per heavy atom. The van der Waals surface area contributed by atoms with Gasteiger partial charge in [0.2, 0.25) is 5.95 Å². The molecule has 0 saturated heterocycles. The van der Waals surface area contributed by atoms with Gasteiger partial charge in [0.15, 0.2) is 5.76 Å². The summed E-state index contributed by atoms with van der Waals surface area (Å²) >= 11 is 1.45. The highest BCUT2D eigenvalue weighted by Crippen LogP contribution is 2.37. The lowest BCUT2D eigenvalue weighted by atomic mass is 10.00. The van der Waals surface area contributed by atoms with E-state index >= 15 is 0 Å². The number of carbonyl (C=O) groups is 1. The number of hydrogen-bond donors (Lipinski definition) is 2. The summed E-state index contributed by atoms with van der Waals surface area (Å²) in [6, 6.07) is 13.0. The first-order valence-electron chi connectivity index (χ1n) is 9.68. The number of benzene rings is 1. The molecule has 1 aromatic carbocycles. The third-order valence-corrected chi connectivity index (χ3v) is 5.61. The first-order valence-corrected chi connectivity index (χ1v) is 10.5. The maximum Gasteiger partial charge on any atom is 0.291 e. The average Bonchev–Trinajstić information content (AvgIpc) is 3.36. The Bertz CT molecular complexity index is 1180. The zero-order valence-corrected chi connectivity index (χ0v) is 18.1. The van der Waals surface area contributed by atoms with E-state index in [4.69, 9.17) is 4.42 Å². The van der Waals surface area contributed by atoms with Gasteiger partial charge in [0.05, 0.1) is 12.3 Å². The number of furan rings is 1. The predicted molar refractivity (Wildman–Crippen MR) is 119 cm³/mol. The highest BCUT2D eigenvalue weighted by atomic mass is 32.1. The van der Waals surface area contributed by atoms with Crippen molar-refractivity contribution in [1.29, 1.82) is 0 Å². The maximum atomic E-state index is 13.6. The van der Waals surface area contributed by atoms with E-state index in [1.807, 2.05) is 32.9 Å². The molecule has 0 bridgehead atoms. The molecule has 6 nitrogen and oxygen atoms in total. The zero-order chi connectivity index (χ0) is 22.0. The smallest absolute Gasteiger partial charge is 0.291 e. The number of amides is 1. The van der Waals surface area contributed by atoms with E-state index in [-0.39, 0.29) is 17.5 Å². The van der Waals surface area contributed by atoms with Crippen LogP contribution in [0.2, 0.25) is 0 Å². The van der Waals surface area contributed by atoms with E-state index < -0.39 is 6.04 Å². The van der Waals surface area contributed by atoms with Gasteiger partial charge in [0.1, 0.15) is 10.8 Å². The fraction of sp³-hybridized carbons (Fsp3) is 0.174. The minimum Gasteiger partial charge on any atom is -0.459 e. The molecule has 0 fully saturated rings. The van der Waals surface area contributed by atoms with Crippen LogP contribution < -0.4 is 10.6 Å². The number of aryl methyl sites for hydroxylation is 3. The predicted octanol–water partition coefficient (Wildman–Crippen LogP) is 5.65. The molecule has 4 aromatic rings. The van der Waals surface area contributed by atoms with Crippen LogP contribution >= 0.6 is 11.3 Å². The summed E-state index contributed by atoms with van der Waals surface area (Å²) in [5, 5.41) is 6.97. The maximum absolute atomic E-state index is 13.6. The largest absolute Gasteiger partial charge is 0.459 e.